The van der Waals surface area contributed by atoms with Crippen LogP contribution < -0.4 is 5.73 Å². The Bertz CT molecular complexity index is 452. The van der Waals surface area contributed by atoms with Gasteiger partial charge in [-0.1, -0.05) is 13.3 Å². The summed E-state index contributed by atoms with van der Waals surface area (Å²) < 4.78 is 2.04. The van der Waals surface area contributed by atoms with Gasteiger partial charge in [-0.25, -0.2) is 0 Å². The number of carbonyl (C=O) groups is 1. The third-order valence-corrected chi connectivity index (χ3v) is 4.49. The first-order valence-electron chi connectivity index (χ1n) is 7.76. The second-order valence-corrected chi connectivity index (χ2v) is 6.08. The van der Waals surface area contributed by atoms with Crippen LogP contribution >= 0.6 is 0 Å². The van der Waals surface area contributed by atoms with Crippen molar-refractivity contribution < 1.29 is 4.79 Å². The summed E-state index contributed by atoms with van der Waals surface area (Å²) in [4.78, 5) is 14.8. The van der Waals surface area contributed by atoms with Gasteiger partial charge in [0.1, 0.15) is 5.69 Å². The standard InChI is InChI=1S/C16H27N3O/c1-4-13-7-9-19(14(10-13)11-17)16(20)15-6-5-8-18(15)12(2)3/h5-6,8,12-14H,4,7,9-11,17H2,1-3H3. The predicted molar refractivity (Wildman–Crippen MR) is 81.7 cm³/mol. The average molecular weight is 277 g/mol. The molecule has 0 radical (unpaired) electrons. The zero-order valence-electron chi connectivity index (χ0n) is 12.9. The number of nitrogens with two attached hydrogens (primary N) is 1. The Balaban J connectivity index is 2.17. The molecule has 1 aliphatic heterocycles. The number of hydrogen-bond donors (Lipinski definition) is 1. The molecular formula is C16H27N3O. The van der Waals surface area contributed by atoms with Gasteiger partial charge in [0.15, 0.2) is 0 Å². The monoisotopic (exact) mass is 277 g/mol. The minimum atomic E-state index is 0.133. The molecular weight excluding hydrogens is 250 g/mol. The lowest BCUT2D eigenvalue weighted by Crippen LogP contribution is -2.50. The zero-order valence-corrected chi connectivity index (χ0v) is 12.9. The van der Waals surface area contributed by atoms with E-state index in [9.17, 15) is 4.79 Å². The van der Waals surface area contributed by atoms with Gasteiger partial charge in [0.2, 0.25) is 0 Å². The molecule has 4 heteroatoms. The molecule has 1 amide bonds. The maximum Gasteiger partial charge on any atom is 0.270 e. The van der Waals surface area contributed by atoms with Crippen molar-refractivity contribution in [3.8, 4) is 0 Å². The van der Waals surface area contributed by atoms with E-state index in [4.69, 9.17) is 5.73 Å². The Morgan fingerprint density at radius 3 is 2.85 bits per heavy atom. The third-order valence-electron chi connectivity index (χ3n) is 4.49. The quantitative estimate of drug-likeness (QED) is 0.920. The van der Waals surface area contributed by atoms with E-state index in [1.54, 1.807) is 0 Å². The van der Waals surface area contributed by atoms with Crippen LogP contribution in [0.1, 0.15) is 56.6 Å². The molecule has 2 heterocycles. The minimum absolute atomic E-state index is 0.133. The minimum Gasteiger partial charge on any atom is -0.341 e. The van der Waals surface area contributed by atoms with Crippen LogP contribution in [0.4, 0.5) is 0 Å². The summed E-state index contributed by atoms with van der Waals surface area (Å²) in [6, 6.07) is 4.36. The van der Waals surface area contributed by atoms with Crippen LogP contribution in [0.2, 0.25) is 0 Å². The lowest BCUT2D eigenvalue weighted by Gasteiger charge is -2.39. The highest BCUT2D eigenvalue weighted by atomic mass is 16.2. The molecule has 1 aliphatic rings. The fraction of sp³-hybridized carbons (Fsp3) is 0.688. The maximum atomic E-state index is 12.8. The van der Waals surface area contributed by atoms with Crippen molar-refractivity contribution in [1.82, 2.24) is 9.47 Å². The number of hydrogen-bond acceptors (Lipinski definition) is 2. The summed E-state index contributed by atoms with van der Waals surface area (Å²) >= 11 is 0. The second kappa shape index (κ2) is 6.44. The van der Waals surface area contributed by atoms with Crippen LogP contribution in [0.25, 0.3) is 0 Å². The number of piperidine rings is 1. The molecule has 0 bridgehead atoms. The summed E-state index contributed by atoms with van der Waals surface area (Å²) in [5, 5.41) is 0. The molecule has 0 aliphatic carbocycles. The Hall–Kier alpha value is -1.29. The van der Waals surface area contributed by atoms with E-state index in [-0.39, 0.29) is 11.9 Å². The molecule has 20 heavy (non-hydrogen) atoms. The van der Waals surface area contributed by atoms with E-state index in [0.29, 0.717) is 18.5 Å². The highest BCUT2D eigenvalue weighted by molar-refractivity contribution is 5.93. The van der Waals surface area contributed by atoms with E-state index in [1.165, 1.54) is 6.42 Å². The van der Waals surface area contributed by atoms with E-state index in [2.05, 4.69) is 20.8 Å². The summed E-state index contributed by atoms with van der Waals surface area (Å²) in [5.41, 5.74) is 6.68. The Morgan fingerprint density at radius 1 is 1.50 bits per heavy atom. The molecule has 0 spiro atoms. The molecule has 112 valence electrons. The van der Waals surface area contributed by atoms with Crippen molar-refractivity contribution in [3.05, 3.63) is 24.0 Å². The second-order valence-electron chi connectivity index (χ2n) is 6.08. The summed E-state index contributed by atoms with van der Waals surface area (Å²) in [7, 11) is 0. The van der Waals surface area contributed by atoms with Crippen molar-refractivity contribution in [2.75, 3.05) is 13.1 Å². The van der Waals surface area contributed by atoms with Crippen LogP contribution in [0.15, 0.2) is 18.3 Å². The fourth-order valence-electron chi connectivity index (χ4n) is 3.17. The van der Waals surface area contributed by atoms with Gasteiger partial charge in [0.05, 0.1) is 0 Å². The molecule has 2 N–H and O–H groups in total. The highest BCUT2D eigenvalue weighted by Crippen LogP contribution is 2.26. The van der Waals surface area contributed by atoms with Crippen LogP contribution in [0.3, 0.4) is 0 Å². The summed E-state index contributed by atoms with van der Waals surface area (Å²) in [6.07, 6.45) is 5.30. The first-order valence-corrected chi connectivity index (χ1v) is 7.76. The first kappa shape index (κ1) is 15.1. The number of carbonyl (C=O) groups excluding carboxylic acids is 1. The Kier molecular flexibility index (Phi) is 4.86. The molecule has 2 unspecified atom stereocenters. The zero-order chi connectivity index (χ0) is 14.7. The molecule has 2 atom stereocenters. The summed E-state index contributed by atoms with van der Waals surface area (Å²) in [6.45, 7) is 7.81. The van der Waals surface area contributed by atoms with Crippen molar-refractivity contribution in [1.29, 1.82) is 0 Å². The van der Waals surface area contributed by atoms with Gasteiger partial charge in [-0.05, 0) is 44.7 Å². The molecule has 2 rings (SSSR count). The normalized spacial score (nSPS) is 23.4. The molecule has 1 fully saturated rings. The maximum absolute atomic E-state index is 12.8. The number of likely N-dealkylation sites (tertiary alicyclic amines) is 1. The molecule has 1 aromatic rings. The topological polar surface area (TPSA) is 51.3 Å². The van der Waals surface area contributed by atoms with Gasteiger partial charge in [0, 0.05) is 31.4 Å². The lowest BCUT2D eigenvalue weighted by atomic mass is 9.88. The van der Waals surface area contributed by atoms with Gasteiger partial charge in [-0.2, -0.15) is 0 Å². The van der Waals surface area contributed by atoms with E-state index in [0.717, 1.165) is 25.1 Å². The van der Waals surface area contributed by atoms with E-state index < -0.39 is 0 Å². The lowest BCUT2D eigenvalue weighted by molar-refractivity contribution is 0.0546. The highest BCUT2D eigenvalue weighted by Gasteiger charge is 2.31. The van der Waals surface area contributed by atoms with Crippen molar-refractivity contribution >= 4 is 5.91 Å². The SMILES string of the molecule is CCC1CCN(C(=O)c2cccn2C(C)C)C(CN)C1. The van der Waals surface area contributed by atoms with E-state index >= 15 is 0 Å². The largest absolute Gasteiger partial charge is 0.341 e. The molecule has 0 saturated carbocycles. The molecule has 4 nitrogen and oxygen atoms in total. The van der Waals surface area contributed by atoms with Gasteiger partial charge >= 0.3 is 0 Å². The number of amides is 1. The third kappa shape index (κ3) is 2.90. The fourth-order valence-corrected chi connectivity index (χ4v) is 3.17. The smallest absolute Gasteiger partial charge is 0.270 e. The van der Waals surface area contributed by atoms with Gasteiger partial charge in [-0.3, -0.25) is 4.79 Å². The van der Waals surface area contributed by atoms with Crippen molar-refractivity contribution in [2.24, 2.45) is 11.7 Å². The van der Waals surface area contributed by atoms with Crippen LogP contribution in [-0.2, 0) is 0 Å². The Morgan fingerprint density at radius 2 is 2.25 bits per heavy atom. The van der Waals surface area contributed by atoms with Gasteiger partial charge in [-0.15, -0.1) is 0 Å². The number of nitrogens with zero attached hydrogens (tertiary/aromatic N) is 2. The average Bonchev–Trinajstić information content (AvgIpc) is 2.95. The van der Waals surface area contributed by atoms with Crippen LogP contribution in [0, 0.1) is 5.92 Å². The molecule has 1 saturated heterocycles. The molecule has 1 aromatic heterocycles. The Labute approximate surface area is 121 Å². The van der Waals surface area contributed by atoms with Gasteiger partial charge in [0.25, 0.3) is 5.91 Å². The predicted octanol–water partition coefficient (Wildman–Crippen LogP) is 2.66. The first-order chi connectivity index (χ1) is 9.58. The van der Waals surface area contributed by atoms with Crippen LogP contribution in [0.5, 0.6) is 0 Å². The van der Waals surface area contributed by atoms with Gasteiger partial charge < -0.3 is 15.2 Å². The molecule has 0 aromatic carbocycles. The number of rotatable bonds is 4. The van der Waals surface area contributed by atoms with Crippen molar-refractivity contribution in [2.45, 2.75) is 52.1 Å². The van der Waals surface area contributed by atoms with Crippen LogP contribution in [-0.4, -0.2) is 34.5 Å². The number of aromatic nitrogens is 1. The summed E-state index contributed by atoms with van der Waals surface area (Å²) in [5.74, 6) is 0.846. The van der Waals surface area contributed by atoms with E-state index in [1.807, 2.05) is 27.8 Å². The van der Waals surface area contributed by atoms with Crippen molar-refractivity contribution in [3.63, 3.8) is 0 Å².